The lowest BCUT2D eigenvalue weighted by Crippen LogP contribution is -2.44. The Bertz CT molecular complexity index is 433. The van der Waals surface area contributed by atoms with E-state index in [1.165, 1.54) is 110 Å². The lowest BCUT2D eigenvalue weighted by molar-refractivity contribution is 0.0136. The van der Waals surface area contributed by atoms with Crippen molar-refractivity contribution in [2.75, 3.05) is 98.5 Å². The molecule has 0 N–H and O–H groups in total. The zero-order valence-corrected chi connectivity index (χ0v) is 24.1. The van der Waals surface area contributed by atoms with E-state index in [0.29, 0.717) is 0 Å². The van der Waals surface area contributed by atoms with Crippen LogP contribution >= 0.6 is 0 Å². The fourth-order valence-corrected chi connectivity index (χ4v) is 5.29. The third-order valence-electron chi connectivity index (χ3n) is 7.87. The second-order valence-electron chi connectivity index (χ2n) is 11.0. The van der Waals surface area contributed by atoms with E-state index in [4.69, 9.17) is 14.2 Å². The van der Waals surface area contributed by atoms with Crippen LogP contribution in [0, 0.1) is 0 Å². The molecule has 3 heterocycles. The highest BCUT2D eigenvalue weighted by atomic mass is 16.5. The molecule has 0 saturated carbocycles. The minimum absolute atomic E-state index is 0.906. The maximum absolute atomic E-state index is 5.38. The molecule has 0 aromatic heterocycles. The number of hydrogen-bond donors (Lipinski definition) is 0. The Morgan fingerprint density at radius 3 is 0.972 bits per heavy atom. The van der Waals surface area contributed by atoms with Gasteiger partial charge in [-0.05, 0) is 13.0 Å². The number of ether oxygens (including phenoxy) is 3. The van der Waals surface area contributed by atoms with Gasteiger partial charge in [-0.1, -0.05) is 90.4 Å². The Kier molecular flexibility index (Phi) is 21.2. The monoisotopic (exact) mass is 511 g/mol. The molecule has 0 aromatic rings. The number of nitrogens with zero attached hydrogens (tertiary/aromatic N) is 3. The smallest absolute Gasteiger partial charge is 0.0594 e. The maximum atomic E-state index is 5.38. The second kappa shape index (κ2) is 23.8. The molecule has 3 fully saturated rings. The molecule has 36 heavy (non-hydrogen) atoms. The van der Waals surface area contributed by atoms with Crippen LogP contribution in [0.4, 0.5) is 0 Å². The van der Waals surface area contributed by atoms with Crippen molar-refractivity contribution in [1.82, 2.24) is 14.7 Å². The van der Waals surface area contributed by atoms with Crippen molar-refractivity contribution in [3.63, 3.8) is 0 Å². The van der Waals surface area contributed by atoms with Gasteiger partial charge in [0.15, 0.2) is 0 Å². The molecule has 0 amide bonds. The quantitative estimate of drug-likeness (QED) is 0.228. The highest BCUT2D eigenvalue weighted by molar-refractivity contribution is 4.67. The molecule has 3 rings (SSSR count). The molecule has 214 valence electrons. The van der Waals surface area contributed by atoms with Crippen molar-refractivity contribution < 1.29 is 14.2 Å². The lowest BCUT2D eigenvalue weighted by Gasteiger charge is -2.31. The third kappa shape index (κ3) is 18.1. The second-order valence-corrected chi connectivity index (χ2v) is 11.0. The van der Waals surface area contributed by atoms with Gasteiger partial charge in [0.2, 0.25) is 0 Å². The summed E-state index contributed by atoms with van der Waals surface area (Å²) in [6.07, 6.45) is 20.3. The van der Waals surface area contributed by atoms with Crippen LogP contribution in [0.3, 0.4) is 0 Å². The van der Waals surface area contributed by atoms with Crippen LogP contribution in [-0.4, -0.2) is 113 Å². The number of unbranched alkanes of at least 4 members (excludes halogenated alkanes) is 13. The van der Waals surface area contributed by atoms with E-state index in [-0.39, 0.29) is 0 Å². The summed E-state index contributed by atoms with van der Waals surface area (Å²) in [5.41, 5.74) is 0. The van der Waals surface area contributed by atoms with Crippen LogP contribution in [0.1, 0.15) is 96.8 Å². The maximum Gasteiger partial charge on any atom is 0.0594 e. The van der Waals surface area contributed by atoms with Gasteiger partial charge in [0.05, 0.1) is 39.6 Å². The fourth-order valence-electron chi connectivity index (χ4n) is 5.29. The molecular formula is C30H61N3O3. The molecule has 0 aliphatic carbocycles. The molecule has 0 spiro atoms. The summed E-state index contributed by atoms with van der Waals surface area (Å²) in [5.74, 6) is 0. The fraction of sp³-hybridized carbons (Fsp3) is 1.00. The van der Waals surface area contributed by atoms with Gasteiger partial charge in [0, 0.05) is 52.4 Å². The Morgan fingerprint density at radius 2 is 0.639 bits per heavy atom. The van der Waals surface area contributed by atoms with Gasteiger partial charge >= 0.3 is 0 Å². The van der Waals surface area contributed by atoms with E-state index in [9.17, 15) is 0 Å². The largest absolute Gasteiger partial charge is 0.379 e. The number of hydrogen-bond acceptors (Lipinski definition) is 6. The zero-order valence-electron chi connectivity index (χ0n) is 24.1. The van der Waals surface area contributed by atoms with Crippen LogP contribution in [0.15, 0.2) is 0 Å². The van der Waals surface area contributed by atoms with Crippen LogP contribution < -0.4 is 0 Å². The van der Waals surface area contributed by atoms with Gasteiger partial charge < -0.3 is 14.2 Å². The van der Waals surface area contributed by atoms with Crippen LogP contribution in [0.25, 0.3) is 0 Å². The van der Waals surface area contributed by atoms with Crippen molar-refractivity contribution in [3.05, 3.63) is 0 Å². The molecule has 3 aliphatic heterocycles. The molecular weight excluding hydrogens is 450 g/mol. The highest BCUT2D eigenvalue weighted by Crippen LogP contribution is 2.13. The average molecular weight is 512 g/mol. The first-order valence-electron chi connectivity index (χ1n) is 15.8. The van der Waals surface area contributed by atoms with Crippen molar-refractivity contribution in [3.8, 4) is 0 Å². The van der Waals surface area contributed by atoms with Crippen LogP contribution in [-0.2, 0) is 14.2 Å². The molecule has 3 aliphatic rings. The molecule has 0 bridgehead atoms. The van der Waals surface area contributed by atoms with E-state index in [1.54, 1.807) is 0 Å². The molecule has 3 saturated heterocycles. The summed E-state index contributed by atoms with van der Waals surface area (Å²) in [6.45, 7) is 18.2. The van der Waals surface area contributed by atoms with Gasteiger partial charge in [0.1, 0.15) is 0 Å². The van der Waals surface area contributed by atoms with Crippen LogP contribution in [0.5, 0.6) is 0 Å². The standard InChI is InChI=1S/C20H41NO.C10H20N2O2/c1-2-3-4-5-6-7-8-9-10-11-12-13-14-15-16-21-17-19-22-20-18-21;1(11-3-7-13-8-4-11)2-12-5-9-14-10-6-12/h2-20H2,1H3;1-10H2. The summed E-state index contributed by atoms with van der Waals surface area (Å²) in [7, 11) is 0. The van der Waals surface area contributed by atoms with Gasteiger partial charge in [-0.3, -0.25) is 14.7 Å². The van der Waals surface area contributed by atoms with Crippen molar-refractivity contribution in [2.24, 2.45) is 0 Å². The SMILES string of the molecule is C1CN(CCN2CCOCC2)CCO1.CCCCCCCCCCCCCCCCN1CCOCC1. The molecule has 6 heteroatoms. The average Bonchev–Trinajstić information content (AvgIpc) is 2.94. The molecule has 0 unspecified atom stereocenters. The summed E-state index contributed by atoms with van der Waals surface area (Å²) < 4.78 is 16.0. The van der Waals surface area contributed by atoms with E-state index in [1.807, 2.05) is 0 Å². The Morgan fingerprint density at radius 1 is 0.361 bits per heavy atom. The van der Waals surface area contributed by atoms with E-state index in [2.05, 4.69) is 21.6 Å². The van der Waals surface area contributed by atoms with E-state index in [0.717, 1.165) is 78.9 Å². The van der Waals surface area contributed by atoms with Gasteiger partial charge in [-0.25, -0.2) is 0 Å². The summed E-state index contributed by atoms with van der Waals surface area (Å²) in [6, 6.07) is 0. The molecule has 6 nitrogen and oxygen atoms in total. The van der Waals surface area contributed by atoms with Gasteiger partial charge in [-0.2, -0.15) is 0 Å². The first kappa shape index (κ1) is 32.0. The van der Waals surface area contributed by atoms with Gasteiger partial charge in [0.25, 0.3) is 0 Å². The third-order valence-corrected chi connectivity index (χ3v) is 7.87. The first-order chi connectivity index (χ1) is 17.9. The highest BCUT2D eigenvalue weighted by Gasteiger charge is 2.14. The summed E-state index contributed by atoms with van der Waals surface area (Å²) in [4.78, 5) is 7.53. The van der Waals surface area contributed by atoms with E-state index < -0.39 is 0 Å². The van der Waals surface area contributed by atoms with Crippen LogP contribution in [0.2, 0.25) is 0 Å². The Balaban J connectivity index is 0.000000278. The molecule has 0 aromatic carbocycles. The van der Waals surface area contributed by atoms with Crippen molar-refractivity contribution in [2.45, 2.75) is 96.8 Å². The first-order valence-corrected chi connectivity index (χ1v) is 15.8. The minimum atomic E-state index is 0.906. The molecule has 0 radical (unpaired) electrons. The number of morpholine rings is 3. The zero-order chi connectivity index (χ0) is 25.4. The summed E-state index contributed by atoms with van der Waals surface area (Å²) in [5, 5.41) is 0. The summed E-state index contributed by atoms with van der Waals surface area (Å²) >= 11 is 0. The lowest BCUT2D eigenvalue weighted by atomic mass is 10.0. The van der Waals surface area contributed by atoms with Crippen molar-refractivity contribution in [1.29, 1.82) is 0 Å². The number of rotatable bonds is 18. The predicted octanol–water partition coefficient (Wildman–Crippen LogP) is 5.45. The topological polar surface area (TPSA) is 37.4 Å². The van der Waals surface area contributed by atoms with Gasteiger partial charge in [-0.15, -0.1) is 0 Å². The normalized spacial score (nSPS) is 20.2. The predicted molar refractivity (Wildman–Crippen MR) is 152 cm³/mol. The van der Waals surface area contributed by atoms with Crippen molar-refractivity contribution >= 4 is 0 Å². The Hall–Kier alpha value is -0.240. The van der Waals surface area contributed by atoms with E-state index >= 15 is 0 Å². The minimum Gasteiger partial charge on any atom is -0.379 e. The molecule has 0 atom stereocenters. The Labute approximate surface area is 224 Å².